The van der Waals surface area contributed by atoms with Gasteiger partial charge >= 0.3 is 6.18 Å². The first-order valence-corrected chi connectivity index (χ1v) is 12.6. The average molecular weight is 526 g/mol. The highest BCUT2D eigenvalue weighted by Crippen LogP contribution is 2.34. The van der Waals surface area contributed by atoms with Crippen LogP contribution in [-0.2, 0) is 24.1 Å². The summed E-state index contributed by atoms with van der Waals surface area (Å²) in [7, 11) is 1.54. The van der Waals surface area contributed by atoms with Crippen molar-refractivity contribution >= 4 is 16.9 Å². The van der Waals surface area contributed by atoms with Crippen molar-refractivity contribution < 1.29 is 22.7 Å². The molecule has 0 atom stereocenters. The van der Waals surface area contributed by atoms with E-state index in [1.54, 1.807) is 0 Å². The van der Waals surface area contributed by atoms with Crippen molar-refractivity contribution in [1.29, 1.82) is 0 Å². The molecule has 4 aromatic rings. The van der Waals surface area contributed by atoms with Gasteiger partial charge in [-0.25, -0.2) is 4.98 Å². The molecule has 0 spiro atoms. The maximum absolute atomic E-state index is 13.3. The van der Waals surface area contributed by atoms with Crippen molar-refractivity contribution in [2.45, 2.75) is 52.1 Å². The summed E-state index contributed by atoms with van der Waals surface area (Å²) in [5, 5.41) is 4.51. The number of halogens is 3. The summed E-state index contributed by atoms with van der Waals surface area (Å²) < 4.78 is 48.9. The zero-order valence-corrected chi connectivity index (χ0v) is 21.6. The fourth-order valence-electron chi connectivity index (χ4n) is 5.28. The number of amides is 1. The smallest absolute Gasteiger partial charge is 0.377 e. The third kappa shape index (κ3) is 5.18. The Hall–Kier alpha value is -3.66. The highest BCUT2D eigenvalue weighted by molar-refractivity contribution is 5.94. The monoisotopic (exact) mass is 525 g/mol. The van der Waals surface area contributed by atoms with Crippen molar-refractivity contribution in [2.75, 3.05) is 20.2 Å². The zero-order valence-electron chi connectivity index (χ0n) is 21.6. The van der Waals surface area contributed by atoms with Crippen LogP contribution in [0.2, 0.25) is 0 Å². The normalized spacial score (nSPS) is 14.9. The average Bonchev–Trinajstić information content (AvgIpc) is 3.40. The summed E-state index contributed by atoms with van der Waals surface area (Å²) in [5.41, 5.74) is 3.88. The van der Waals surface area contributed by atoms with Crippen LogP contribution in [-0.4, -0.2) is 50.3 Å². The maximum atomic E-state index is 13.3. The van der Waals surface area contributed by atoms with Crippen molar-refractivity contribution in [1.82, 2.24) is 24.2 Å². The number of likely N-dealkylation sites (tertiary alicyclic amines) is 1. The molecule has 3 heterocycles. The maximum Gasteiger partial charge on any atom is 0.416 e. The number of carbonyl (C=O) groups is 1. The van der Waals surface area contributed by atoms with Gasteiger partial charge < -0.3 is 14.2 Å². The SMILES string of the molecule is COCc1nc2cc(C(F)(F)F)ccc2n1C1CCN(C(=O)c2cccc(Cn3nc(C)cc3C)c2)CC1. The summed E-state index contributed by atoms with van der Waals surface area (Å²) >= 11 is 0. The molecule has 0 bridgehead atoms. The van der Waals surface area contributed by atoms with Crippen LogP contribution >= 0.6 is 0 Å². The molecule has 5 rings (SSSR count). The van der Waals surface area contributed by atoms with Gasteiger partial charge in [-0.3, -0.25) is 9.48 Å². The summed E-state index contributed by atoms with van der Waals surface area (Å²) in [6.45, 7) is 5.83. The lowest BCUT2D eigenvalue weighted by Crippen LogP contribution is -2.39. The van der Waals surface area contributed by atoms with E-state index >= 15 is 0 Å². The van der Waals surface area contributed by atoms with Gasteiger partial charge in [-0.05, 0) is 68.7 Å². The number of hydrogen-bond acceptors (Lipinski definition) is 4. The Kier molecular flexibility index (Phi) is 7.00. The van der Waals surface area contributed by atoms with Gasteiger partial charge in [0.05, 0.1) is 28.8 Å². The lowest BCUT2D eigenvalue weighted by molar-refractivity contribution is -0.137. The molecule has 200 valence electrons. The van der Waals surface area contributed by atoms with E-state index in [-0.39, 0.29) is 18.6 Å². The molecule has 0 N–H and O–H groups in total. The Morgan fingerprint density at radius 2 is 1.84 bits per heavy atom. The molecule has 1 saturated heterocycles. The van der Waals surface area contributed by atoms with Crippen LogP contribution in [0.1, 0.15) is 57.6 Å². The van der Waals surface area contributed by atoms with Crippen molar-refractivity contribution in [2.24, 2.45) is 0 Å². The standard InChI is InChI=1S/C28H30F3N5O2/c1-18-13-19(2)35(33-18)16-20-5-4-6-21(14-20)27(37)34-11-9-23(10-12-34)36-25-8-7-22(28(29,30)31)15-24(25)32-26(36)17-38-3/h4-8,13-15,23H,9-12,16-17H2,1-3H3. The van der Waals surface area contributed by atoms with Gasteiger partial charge in [0, 0.05) is 37.5 Å². The third-order valence-corrected chi connectivity index (χ3v) is 7.09. The molecule has 7 nitrogen and oxygen atoms in total. The largest absolute Gasteiger partial charge is 0.416 e. The van der Waals surface area contributed by atoms with Gasteiger partial charge in [0.25, 0.3) is 5.91 Å². The van der Waals surface area contributed by atoms with E-state index in [0.29, 0.717) is 54.9 Å². The highest BCUT2D eigenvalue weighted by atomic mass is 19.4. The van der Waals surface area contributed by atoms with E-state index in [4.69, 9.17) is 4.74 Å². The molecule has 1 aliphatic rings. The van der Waals surface area contributed by atoms with Crippen LogP contribution in [0, 0.1) is 13.8 Å². The van der Waals surface area contributed by atoms with Crippen LogP contribution in [0.15, 0.2) is 48.5 Å². The van der Waals surface area contributed by atoms with E-state index in [1.807, 2.05) is 58.3 Å². The molecule has 10 heteroatoms. The molecule has 2 aromatic carbocycles. The number of alkyl halides is 3. The van der Waals surface area contributed by atoms with Gasteiger partial charge in [-0.2, -0.15) is 18.3 Å². The molecule has 0 aliphatic carbocycles. The number of fused-ring (bicyclic) bond motifs is 1. The van der Waals surface area contributed by atoms with E-state index in [1.165, 1.54) is 13.2 Å². The second-order valence-corrected chi connectivity index (χ2v) is 9.84. The minimum Gasteiger partial charge on any atom is -0.377 e. The highest BCUT2D eigenvalue weighted by Gasteiger charge is 2.32. The molecule has 0 saturated carbocycles. The fraction of sp³-hybridized carbons (Fsp3) is 0.393. The van der Waals surface area contributed by atoms with Gasteiger partial charge in [0.2, 0.25) is 0 Å². The van der Waals surface area contributed by atoms with Crippen LogP contribution in [0.3, 0.4) is 0 Å². The summed E-state index contributed by atoms with van der Waals surface area (Å²) in [6.07, 6.45) is -3.10. The number of methoxy groups -OCH3 is 1. The Morgan fingerprint density at radius 1 is 1.08 bits per heavy atom. The molecular weight excluding hydrogens is 495 g/mol. The van der Waals surface area contributed by atoms with Crippen molar-refractivity contribution in [3.05, 3.63) is 82.4 Å². The van der Waals surface area contributed by atoms with E-state index < -0.39 is 11.7 Å². The predicted molar refractivity (Wildman–Crippen MR) is 137 cm³/mol. The summed E-state index contributed by atoms with van der Waals surface area (Å²) in [5.74, 6) is 0.560. The number of piperidine rings is 1. The molecule has 0 unspecified atom stereocenters. The summed E-state index contributed by atoms with van der Waals surface area (Å²) in [4.78, 5) is 19.6. The van der Waals surface area contributed by atoms with Gasteiger partial charge in [-0.15, -0.1) is 0 Å². The van der Waals surface area contributed by atoms with Gasteiger partial charge in [0.15, 0.2) is 0 Å². The Bertz CT molecular complexity index is 1470. The molecule has 2 aromatic heterocycles. The first-order valence-electron chi connectivity index (χ1n) is 12.6. The number of aromatic nitrogens is 4. The molecule has 38 heavy (non-hydrogen) atoms. The van der Waals surface area contributed by atoms with Crippen LogP contribution < -0.4 is 0 Å². The molecule has 0 radical (unpaired) electrons. The fourth-order valence-corrected chi connectivity index (χ4v) is 5.28. The second kappa shape index (κ2) is 10.2. The van der Waals surface area contributed by atoms with E-state index in [2.05, 4.69) is 10.1 Å². The van der Waals surface area contributed by atoms with Crippen molar-refractivity contribution in [3.8, 4) is 0 Å². The number of rotatable bonds is 6. The predicted octanol–water partition coefficient (Wildman–Crippen LogP) is 5.54. The lowest BCUT2D eigenvalue weighted by atomic mass is 10.0. The number of aryl methyl sites for hydroxylation is 2. The number of ether oxygens (including phenoxy) is 1. The number of carbonyl (C=O) groups excluding carboxylic acids is 1. The first kappa shape index (κ1) is 26.0. The number of hydrogen-bond donors (Lipinski definition) is 0. The van der Waals surface area contributed by atoms with Gasteiger partial charge in [-0.1, -0.05) is 12.1 Å². The Balaban J connectivity index is 1.31. The van der Waals surface area contributed by atoms with Gasteiger partial charge in [0.1, 0.15) is 12.4 Å². The van der Waals surface area contributed by atoms with Crippen LogP contribution in [0.4, 0.5) is 13.2 Å². The Morgan fingerprint density at radius 3 is 2.50 bits per heavy atom. The zero-order chi connectivity index (χ0) is 27.0. The number of benzene rings is 2. The quantitative estimate of drug-likeness (QED) is 0.332. The molecule has 1 amide bonds. The minimum absolute atomic E-state index is 0.00306. The Labute approximate surface area is 218 Å². The van der Waals surface area contributed by atoms with Crippen molar-refractivity contribution in [3.63, 3.8) is 0 Å². The van der Waals surface area contributed by atoms with Crippen LogP contribution in [0.25, 0.3) is 11.0 Å². The number of nitrogens with zero attached hydrogens (tertiary/aromatic N) is 5. The number of imidazole rings is 1. The second-order valence-electron chi connectivity index (χ2n) is 9.84. The lowest BCUT2D eigenvalue weighted by Gasteiger charge is -2.33. The molecular formula is C28H30F3N5O2. The third-order valence-electron chi connectivity index (χ3n) is 7.09. The minimum atomic E-state index is -4.43. The van der Waals surface area contributed by atoms with Crippen LogP contribution in [0.5, 0.6) is 0 Å². The molecule has 1 aliphatic heterocycles. The molecule has 1 fully saturated rings. The topological polar surface area (TPSA) is 65.2 Å². The first-order chi connectivity index (χ1) is 18.1. The van der Waals surface area contributed by atoms with E-state index in [9.17, 15) is 18.0 Å². The summed E-state index contributed by atoms with van der Waals surface area (Å²) in [6, 6.07) is 13.3. The van der Waals surface area contributed by atoms with E-state index in [0.717, 1.165) is 29.1 Å².